The first-order valence-corrected chi connectivity index (χ1v) is 10.6. The Bertz CT molecular complexity index is 681. The summed E-state index contributed by atoms with van der Waals surface area (Å²) in [5.41, 5.74) is 1.78. The molecule has 2 aliphatic heterocycles. The Morgan fingerprint density at radius 3 is 2.67 bits per heavy atom. The molecule has 2 heterocycles. The summed E-state index contributed by atoms with van der Waals surface area (Å²) in [7, 11) is -3.02. The van der Waals surface area contributed by atoms with Gasteiger partial charge < -0.3 is 10.2 Å². The average molecular weight is 354 g/mol. The van der Waals surface area contributed by atoms with Crippen molar-refractivity contribution in [2.45, 2.75) is 70.5 Å². The molecule has 7 heteroatoms. The monoisotopic (exact) mass is 354 g/mol. The van der Waals surface area contributed by atoms with Crippen molar-refractivity contribution in [3.63, 3.8) is 0 Å². The number of hydrogen-bond donors (Lipinski definition) is 1. The summed E-state index contributed by atoms with van der Waals surface area (Å²) in [6.07, 6.45) is 4.59. The number of carbonyl (C=O) groups excluding carboxylic acids is 2. The maximum absolute atomic E-state index is 12.8. The van der Waals surface area contributed by atoms with Gasteiger partial charge >= 0.3 is 0 Å². The summed E-state index contributed by atoms with van der Waals surface area (Å²) in [5, 5.41) is 2.80. The van der Waals surface area contributed by atoms with Crippen LogP contribution in [0.5, 0.6) is 0 Å². The van der Waals surface area contributed by atoms with E-state index in [2.05, 4.69) is 5.32 Å². The first kappa shape index (κ1) is 17.5. The third-order valence-electron chi connectivity index (χ3n) is 5.28. The molecule has 3 rings (SSSR count). The van der Waals surface area contributed by atoms with Crippen LogP contribution in [0, 0.1) is 0 Å². The summed E-state index contributed by atoms with van der Waals surface area (Å²) in [5.74, 6) is -0.100. The van der Waals surface area contributed by atoms with Gasteiger partial charge in [-0.25, -0.2) is 8.42 Å². The fraction of sp³-hybridized carbons (Fsp3) is 0.765. The zero-order valence-corrected chi connectivity index (χ0v) is 15.2. The van der Waals surface area contributed by atoms with Crippen molar-refractivity contribution < 1.29 is 18.0 Å². The predicted molar refractivity (Wildman–Crippen MR) is 91.1 cm³/mol. The zero-order valence-electron chi connectivity index (χ0n) is 14.4. The van der Waals surface area contributed by atoms with E-state index >= 15 is 0 Å². The van der Waals surface area contributed by atoms with Crippen molar-refractivity contribution in [1.82, 2.24) is 10.2 Å². The SMILES string of the molecule is CC(C)N1C(=O)C(CC(=O)NC2CCS(=O)(=O)C2)=C2CCCCC21. The Hall–Kier alpha value is -1.37. The molecule has 0 radical (unpaired) electrons. The third-order valence-corrected chi connectivity index (χ3v) is 7.05. The molecule has 24 heavy (non-hydrogen) atoms. The van der Waals surface area contributed by atoms with Crippen LogP contribution < -0.4 is 5.32 Å². The van der Waals surface area contributed by atoms with Gasteiger partial charge in [0.1, 0.15) is 0 Å². The van der Waals surface area contributed by atoms with E-state index < -0.39 is 9.84 Å². The zero-order chi connectivity index (χ0) is 17.5. The van der Waals surface area contributed by atoms with Gasteiger partial charge in [-0.3, -0.25) is 9.59 Å². The molecule has 2 amide bonds. The summed E-state index contributed by atoms with van der Waals surface area (Å²) in [6, 6.07) is -0.0370. The normalized spacial score (nSPS) is 29.3. The molecular formula is C17H26N2O4S. The van der Waals surface area contributed by atoms with Crippen LogP contribution in [-0.2, 0) is 19.4 Å². The van der Waals surface area contributed by atoms with E-state index in [1.165, 1.54) is 0 Å². The number of nitrogens with zero attached hydrogens (tertiary/aromatic N) is 1. The molecule has 0 aromatic rings. The van der Waals surface area contributed by atoms with Crippen molar-refractivity contribution in [2.24, 2.45) is 0 Å². The van der Waals surface area contributed by atoms with E-state index in [0.717, 1.165) is 31.3 Å². The second kappa shape index (κ2) is 6.50. The molecule has 1 aliphatic carbocycles. The van der Waals surface area contributed by atoms with Crippen molar-refractivity contribution in [3.05, 3.63) is 11.1 Å². The van der Waals surface area contributed by atoms with Crippen LogP contribution >= 0.6 is 0 Å². The Kier molecular flexibility index (Phi) is 4.73. The second-order valence-corrected chi connectivity index (χ2v) is 9.64. The van der Waals surface area contributed by atoms with Crippen molar-refractivity contribution >= 4 is 21.7 Å². The predicted octanol–water partition coefficient (Wildman–Crippen LogP) is 1.17. The lowest BCUT2D eigenvalue weighted by molar-refractivity contribution is -0.130. The number of amides is 2. The number of sulfone groups is 1. The minimum atomic E-state index is -3.02. The largest absolute Gasteiger partial charge is 0.352 e. The van der Waals surface area contributed by atoms with Crippen molar-refractivity contribution in [2.75, 3.05) is 11.5 Å². The lowest BCUT2D eigenvalue weighted by Gasteiger charge is -2.33. The Morgan fingerprint density at radius 1 is 1.29 bits per heavy atom. The highest BCUT2D eigenvalue weighted by Gasteiger charge is 2.41. The van der Waals surface area contributed by atoms with Crippen LogP contribution in [0.3, 0.4) is 0 Å². The van der Waals surface area contributed by atoms with Gasteiger partial charge in [0, 0.05) is 17.7 Å². The van der Waals surface area contributed by atoms with Gasteiger partial charge in [0.15, 0.2) is 9.84 Å². The van der Waals surface area contributed by atoms with Crippen molar-refractivity contribution in [1.29, 1.82) is 0 Å². The number of nitrogens with one attached hydrogen (secondary N) is 1. The second-order valence-electron chi connectivity index (χ2n) is 7.42. The van der Waals surface area contributed by atoms with Gasteiger partial charge in [-0.15, -0.1) is 0 Å². The molecule has 0 spiro atoms. The summed E-state index contributed by atoms with van der Waals surface area (Å²) in [4.78, 5) is 27.0. The minimum absolute atomic E-state index is 0.0129. The van der Waals surface area contributed by atoms with Crippen LogP contribution in [0.4, 0.5) is 0 Å². The molecule has 0 aromatic heterocycles. The quantitative estimate of drug-likeness (QED) is 0.821. The van der Waals surface area contributed by atoms with Crippen molar-refractivity contribution in [3.8, 4) is 0 Å². The summed E-state index contributed by atoms with van der Waals surface area (Å²) in [6.45, 7) is 4.02. The summed E-state index contributed by atoms with van der Waals surface area (Å²) < 4.78 is 23.0. The van der Waals surface area contributed by atoms with E-state index in [-0.39, 0.29) is 47.9 Å². The topological polar surface area (TPSA) is 83.6 Å². The van der Waals surface area contributed by atoms with Gasteiger partial charge in [0.05, 0.1) is 24.0 Å². The minimum Gasteiger partial charge on any atom is -0.352 e. The maximum atomic E-state index is 12.8. The molecule has 3 aliphatic rings. The van der Waals surface area contributed by atoms with Gasteiger partial charge in [-0.05, 0) is 45.1 Å². The Balaban J connectivity index is 1.71. The van der Waals surface area contributed by atoms with Crippen LogP contribution in [0.25, 0.3) is 0 Å². The smallest absolute Gasteiger partial charge is 0.251 e. The molecule has 2 unspecified atom stereocenters. The van der Waals surface area contributed by atoms with E-state index in [4.69, 9.17) is 0 Å². The standard InChI is InChI=1S/C17H26N2O4S/c1-11(2)19-15-6-4-3-5-13(15)14(17(19)21)9-16(20)18-12-7-8-24(22,23)10-12/h11-12,15H,3-10H2,1-2H3,(H,18,20). The first-order valence-electron chi connectivity index (χ1n) is 8.83. The fourth-order valence-electron chi connectivity index (χ4n) is 4.22. The highest BCUT2D eigenvalue weighted by atomic mass is 32.2. The molecule has 6 nitrogen and oxygen atoms in total. The van der Waals surface area contributed by atoms with E-state index in [0.29, 0.717) is 12.0 Å². The highest BCUT2D eigenvalue weighted by Crippen LogP contribution is 2.38. The highest BCUT2D eigenvalue weighted by molar-refractivity contribution is 7.91. The van der Waals surface area contributed by atoms with Gasteiger partial charge in [0.2, 0.25) is 5.91 Å². The molecule has 134 valence electrons. The fourth-order valence-corrected chi connectivity index (χ4v) is 5.89. The maximum Gasteiger partial charge on any atom is 0.251 e. The number of hydrogen-bond acceptors (Lipinski definition) is 4. The Labute approximate surface area is 143 Å². The summed E-state index contributed by atoms with van der Waals surface area (Å²) >= 11 is 0. The van der Waals surface area contributed by atoms with Gasteiger partial charge in [0.25, 0.3) is 5.91 Å². The van der Waals surface area contributed by atoms with Gasteiger partial charge in [-0.1, -0.05) is 6.42 Å². The molecule has 1 saturated heterocycles. The molecule has 1 N–H and O–H groups in total. The first-order chi connectivity index (χ1) is 11.3. The lowest BCUT2D eigenvalue weighted by Crippen LogP contribution is -2.42. The van der Waals surface area contributed by atoms with Crippen LogP contribution in [0.1, 0.15) is 52.4 Å². The lowest BCUT2D eigenvalue weighted by atomic mass is 9.88. The number of rotatable bonds is 4. The Morgan fingerprint density at radius 2 is 2.04 bits per heavy atom. The number of carbonyl (C=O) groups is 2. The molecular weight excluding hydrogens is 328 g/mol. The average Bonchev–Trinajstić information content (AvgIpc) is 2.97. The van der Waals surface area contributed by atoms with E-state index in [1.807, 2.05) is 18.7 Å². The van der Waals surface area contributed by atoms with E-state index in [1.54, 1.807) is 0 Å². The van der Waals surface area contributed by atoms with Crippen LogP contribution in [-0.4, -0.2) is 54.8 Å². The molecule has 2 fully saturated rings. The van der Waals surface area contributed by atoms with E-state index in [9.17, 15) is 18.0 Å². The molecule has 1 saturated carbocycles. The molecule has 0 aromatic carbocycles. The van der Waals surface area contributed by atoms with Gasteiger partial charge in [-0.2, -0.15) is 0 Å². The number of fused-ring (bicyclic) bond motifs is 1. The van der Waals surface area contributed by atoms with Crippen LogP contribution in [0.15, 0.2) is 11.1 Å². The van der Waals surface area contributed by atoms with Crippen LogP contribution in [0.2, 0.25) is 0 Å². The third kappa shape index (κ3) is 3.36. The molecule has 2 atom stereocenters. The molecule has 0 bridgehead atoms.